The Morgan fingerprint density at radius 2 is 1.05 bits per heavy atom. The molecule has 1 atom stereocenters. The summed E-state index contributed by atoms with van der Waals surface area (Å²) in [5.41, 5.74) is 1.39. The highest BCUT2D eigenvalue weighted by Crippen LogP contribution is 2.49. The average Bonchev–Trinajstić information content (AvgIpc) is 2.95. The van der Waals surface area contributed by atoms with E-state index in [4.69, 9.17) is 18.9 Å². The van der Waals surface area contributed by atoms with Crippen LogP contribution < -0.4 is 14.2 Å². The molecule has 0 bridgehead atoms. The fourth-order valence-electron chi connectivity index (χ4n) is 4.85. The molecule has 0 saturated heterocycles. The van der Waals surface area contributed by atoms with Crippen molar-refractivity contribution in [3.05, 3.63) is 89.5 Å². The second-order valence-corrected chi connectivity index (χ2v) is 11.5. The summed E-state index contributed by atoms with van der Waals surface area (Å²) >= 11 is 0. The van der Waals surface area contributed by atoms with E-state index in [2.05, 4.69) is 35.1 Å². The molecule has 0 saturated carbocycles. The van der Waals surface area contributed by atoms with E-state index in [0.29, 0.717) is 11.5 Å². The van der Waals surface area contributed by atoms with Crippen molar-refractivity contribution in [1.82, 2.24) is 0 Å². The molecule has 0 heterocycles. The van der Waals surface area contributed by atoms with Gasteiger partial charge < -0.3 is 33.4 Å². The Hall–Kier alpha value is -3.04. The van der Waals surface area contributed by atoms with E-state index in [9.17, 15) is 10.0 Å². The maximum Gasteiger partial charge on any atom is 0.634 e. The lowest BCUT2D eigenvalue weighted by Gasteiger charge is -2.43. The van der Waals surface area contributed by atoms with Crippen molar-refractivity contribution in [3.8, 4) is 17.2 Å². The van der Waals surface area contributed by atoms with Gasteiger partial charge in [0.05, 0.1) is 49.5 Å². The molecule has 0 aliphatic heterocycles. The minimum atomic E-state index is -1.99. The molecule has 0 amide bonds. The van der Waals surface area contributed by atoms with Gasteiger partial charge in [0.1, 0.15) is 22.8 Å². The Morgan fingerprint density at radius 1 is 0.659 bits per heavy atom. The maximum atomic E-state index is 10.3. The van der Waals surface area contributed by atoms with Crippen LogP contribution in [0.25, 0.3) is 0 Å². The summed E-state index contributed by atoms with van der Waals surface area (Å²) in [5.74, 6) is 1.93. The number of nitrogens with zero attached hydrogens (tertiary/aromatic N) is 1. The summed E-state index contributed by atoms with van der Waals surface area (Å²) in [5, 5.41) is 20.5. The van der Waals surface area contributed by atoms with Crippen LogP contribution in [0.2, 0.25) is 0 Å². The van der Waals surface area contributed by atoms with Crippen LogP contribution in [-0.2, 0) is 10.3 Å². The Balaban J connectivity index is 0.00000108. The van der Waals surface area contributed by atoms with E-state index >= 15 is 0 Å². The quantitative estimate of drug-likeness (QED) is 0.141. The lowest BCUT2D eigenvalue weighted by molar-refractivity contribution is -0.849. The van der Waals surface area contributed by atoms with Crippen LogP contribution in [0.1, 0.15) is 61.6 Å². The van der Waals surface area contributed by atoms with Crippen molar-refractivity contribution in [2.75, 3.05) is 49.5 Å². The molecule has 2 N–H and O–H groups in total. The molecule has 0 aliphatic rings. The lowest BCUT2D eigenvalue weighted by atomic mass is 9.70. The monoisotopic (exact) mass is 566 g/mol. The first-order valence-electron chi connectivity index (χ1n) is 14.2. The first-order chi connectivity index (χ1) is 19.5. The first-order valence-corrected chi connectivity index (χ1v) is 14.2. The number of benzene rings is 3. The molecule has 224 valence electrons. The zero-order valence-electron chi connectivity index (χ0n) is 26.1. The van der Waals surface area contributed by atoms with Crippen LogP contribution in [0, 0.1) is 0 Å². The normalized spacial score (nSPS) is 12.1. The van der Waals surface area contributed by atoms with Gasteiger partial charge in [-0.25, -0.2) is 0 Å². The zero-order chi connectivity index (χ0) is 30.5. The summed E-state index contributed by atoms with van der Waals surface area (Å²) in [4.78, 5) is 0. The van der Waals surface area contributed by atoms with E-state index < -0.39 is 12.9 Å². The van der Waals surface area contributed by atoms with Crippen molar-refractivity contribution in [2.45, 2.75) is 50.5 Å². The number of ether oxygens (including phenoxy) is 3. The van der Waals surface area contributed by atoms with Crippen molar-refractivity contribution in [2.24, 2.45) is 0 Å². The number of unbranched alkanes of at least 4 members (excludes halogenated alkanes) is 3. The van der Waals surface area contributed by atoms with Gasteiger partial charge in [-0.15, -0.1) is 0 Å². The van der Waals surface area contributed by atoms with E-state index in [1.807, 2.05) is 72.8 Å². The topological polar surface area (TPSA) is 77.4 Å². The van der Waals surface area contributed by atoms with Gasteiger partial charge in [-0.3, -0.25) is 0 Å². The SMILES string of the molecule is CCCCCCC(c1ccc(OC)cc1)C(OB(O)O)(c1ccc(OC)cc1)c1ccc(OC)cc1.C[N+](C)(C)C. The Labute approximate surface area is 247 Å². The number of hydrogen-bond acceptors (Lipinski definition) is 6. The largest absolute Gasteiger partial charge is 0.634 e. The third-order valence-electron chi connectivity index (χ3n) is 6.68. The van der Waals surface area contributed by atoms with Gasteiger partial charge in [0.2, 0.25) is 0 Å². The third kappa shape index (κ3) is 10.4. The van der Waals surface area contributed by atoms with Gasteiger partial charge in [-0.05, 0) is 59.5 Å². The highest BCUT2D eigenvalue weighted by Gasteiger charge is 2.46. The number of hydrogen-bond donors (Lipinski definition) is 2. The summed E-state index contributed by atoms with van der Waals surface area (Å²) in [6.45, 7) is 2.19. The predicted octanol–water partition coefficient (Wildman–Crippen LogP) is 6.02. The molecule has 3 aromatic rings. The number of rotatable bonds is 14. The van der Waals surface area contributed by atoms with Crippen LogP contribution in [0.15, 0.2) is 72.8 Å². The second kappa shape index (κ2) is 16.4. The summed E-state index contributed by atoms with van der Waals surface area (Å²) in [6.07, 6.45) is 5.07. The Bertz CT molecular complexity index is 1070. The Kier molecular flexibility index (Phi) is 13.7. The van der Waals surface area contributed by atoms with E-state index in [-0.39, 0.29) is 5.92 Å². The summed E-state index contributed by atoms with van der Waals surface area (Å²) < 4.78 is 23.4. The van der Waals surface area contributed by atoms with Gasteiger partial charge >= 0.3 is 7.32 Å². The molecule has 0 radical (unpaired) electrons. The number of quaternary nitrogens is 1. The molecule has 0 aromatic heterocycles. The van der Waals surface area contributed by atoms with Gasteiger partial charge in [0, 0.05) is 5.92 Å². The molecule has 3 aromatic carbocycles. The fourth-order valence-corrected chi connectivity index (χ4v) is 4.85. The molecule has 3 rings (SSSR count). The highest BCUT2D eigenvalue weighted by atomic mass is 16.6. The van der Waals surface area contributed by atoms with E-state index in [0.717, 1.165) is 59.0 Å². The van der Waals surface area contributed by atoms with Crippen LogP contribution >= 0.6 is 0 Å². The van der Waals surface area contributed by atoms with Crippen LogP contribution in [0.4, 0.5) is 0 Å². The smallest absolute Gasteiger partial charge is 0.497 e. The number of methoxy groups -OCH3 is 3. The molecular formula is C33H49BNO6+. The minimum absolute atomic E-state index is 0.233. The first kappa shape index (κ1) is 34.2. The van der Waals surface area contributed by atoms with E-state index in [1.165, 1.54) is 0 Å². The average molecular weight is 567 g/mol. The van der Waals surface area contributed by atoms with Gasteiger partial charge in [-0.2, -0.15) is 0 Å². The zero-order valence-corrected chi connectivity index (χ0v) is 26.1. The van der Waals surface area contributed by atoms with Crippen LogP contribution in [0.3, 0.4) is 0 Å². The molecule has 41 heavy (non-hydrogen) atoms. The third-order valence-corrected chi connectivity index (χ3v) is 6.68. The van der Waals surface area contributed by atoms with Gasteiger partial charge in [-0.1, -0.05) is 69.0 Å². The standard InChI is InChI=1S/C29H37BO6.C4H12N/c1-5-6-7-8-9-28(22-10-16-25(33-2)17-11-22)29(36-30(31)32,23-12-18-26(34-3)19-13-23)24-14-20-27(35-4)21-15-24;1-5(2,3)4/h10-21,28,31-32H,5-9H2,1-4H3;1-4H3/q;+1. The second-order valence-electron chi connectivity index (χ2n) is 11.5. The van der Waals surface area contributed by atoms with Crippen molar-refractivity contribution < 1.29 is 33.4 Å². The molecule has 0 aliphatic carbocycles. The predicted molar refractivity (Wildman–Crippen MR) is 166 cm³/mol. The van der Waals surface area contributed by atoms with Crippen LogP contribution in [-0.4, -0.2) is 71.4 Å². The van der Waals surface area contributed by atoms with Gasteiger partial charge in [0.15, 0.2) is 0 Å². The maximum absolute atomic E-state index is 10.3. The lowest BCUT2D eigenvalue weighted by Crippen LogP contribution is -2.43. The molecule has 0 spiro atoms. The summed E-state index contributed by atoms with van der Waals surface area (Å²) in [6, 6.07) is 23.1. The summed E-state index contributed by atoms with van der Waals surface area (Å²) in [7, 11) is 11.4. The Morgan fingerprint density at radius 3 is 1.39 bits per heavy atom. The molecule has 0 fully saturated rings. The highest BCUT2D eigenvalue weighted by molar-refractivity contribution is 6.32. The molecule has 7 nitrogen and oxygen atoms in total. The van der Waals surface area contributed by atoms with Crippen molar-refractivity contribution >= 4 is 7.32 Å². The van der Waals surface area contributed by atoms with Crippen LogP contribution in [0.5, 0.6) is 17.2 Å². The van der Waals surface area contributed by atoms with E-state index in [1.54, 1.807) is 21.3 Å². The molecule has 1 unspecified atom stereocenters. The molecular weight excluding hydrogens is 517 g/mol. The van der Waals surface area contributed by atoms with Gasteiger partial charge in [0.25, 0.3) is 0 Å². The van der Waals surface area contributed by atoms with Crippen molar-refractivity contribution in [1.29, 1.82) is 0 Å². The molecule has 8 heteroatoms. The van der Waals surface area contributed by atoms with Crippen molar-refractivity contribution in [3.63, 3.8) is 0 Å². The fraction of sp³-hybridized carbons (Fsp3) is 0.455. The minimum Gasteiger partial charge on any atom is -0.497 e.